The van der Waals surface area contributed by atoms with Gasteiger partial charge in [-0.25, -0.2) is 0 Å². The minimum atomic E-state index is -1.20. The second-order valence-electron chi connectivity index (χ2n) is 3.88. The molecule has 108 valence electrons. The molecule has 0 aromatic heterocycles. The van der Waals surface area contributed by atoms with Gasteiger partial charge in [-0.15, -0.1) is 0 Å². The largest absolute Gasteiger partial charge is 0.481 e. The molecule has 0 bridgehead atoms. The highest BCUT2D eigenvalue weighted by atomic mass is 16.4. The Morgan fingerprint density at radius 3 is 2.16 bits per heavy atom. The van der Waals surface area contributed by atoms with Crippen LogP contribution < -0.4 is 16.4 Å². The summed E-state index contributed by atoms with van der Waals surface area (Å²) >= 11 is 0. The number of carboxylic acids is 2. The molecule has 2 atom stereocenters. The van der Waals surface area contributed by atoms with Crippen LogP contribution in [0.2, 0.25) is 0 Å². The summed E-state index contributed by atoms with van der Waals surface area (Å²) in [5.74, 6) is -3.61. The fourth-order valence-corrected chi connectivity index (χ4v) is 1.11. The van der Waals surface area contributed by atoms with Crippen molar-refractivity contribution in [1.29, 1.82) is 0 Å². The Labute approximate surface area is 109 Å². The molecule has 0 heterocycles. The van der Waals surface area contributed by atoms with Crippen LogP contribution in [-0.4, -0.2) is 52.6 Å². The molecule has 0 aliphatic rings. The first kappa shape index (κ1) is 16.8. The van der Waals surface area contributed by atoms with E-state index in [1.807, 2.05) is 0 Å². The van der Waals surface area contributed by atoms with Gasteiger partial charge in [-0.3, -0.25) is 19.2 Å². The Balaban J connectivity index is 4.12. The van der Waals surface area contributed by atoms with Crippen molar-refractivity contribution in [3.05, 3.63) is 0 Å². The maximum atomic E-state index is 11.5. The third kappa shape index (κ3) is 7.71. The van der Waals surface area contributed by atoms with Crippen molar-refractivity contribution in [2.45, 2.75) is 31.8 Å². The van der Waals surface area contributed by atoms with Crippen LogP contribution in [0, 0.1) is 0 Å². The number of rotatable bonds is 8. The summed E-state index contributed by atoms with van der Waals surface area (Å²) < 4.78 is 0. The fraction of sp³-hybridized carbons (Fsp3) is 0.600. The lowest BCUT2D eigenvalue weighted by molar-refractivity contribution is -0.138. The molecule has 0 saturated heterocycles. The predicted octanol–water partition coefficient (Wildman–Crippen LogP) is -2.12. The Bertz CT molecular complexity index is 370. The van der Waals surface area contributed by atoms with Crippen molar-refractivity contribution in [2.75, 3.05) is 6.54 Å². The minimum absolute atomic E-state index is 0.0510. The molecule has 19 heavy (non-hydrogen) atoms. The Hall–Kier alpha value is -2.16. The molecule has 9 heteroatoms. The molecule has 6 N–H and O–H groups in total. The molecule has 9 nitrogen and oxygen atoms in total. The van der Waals surface area contributed by atoms with Gasteiger partial charge in [-0.1, -0.05) is 0 Å². The average molecular weight is 275 g/mol. The number of amides is 2. The zero-order valence-electron chi connectivity index (χ0n) is 10.4. The van der Waals surface area contributed by atoms with Crippen LogP contribution in [0.3, 0.4) is 0 Å². The van der Waals surface area contributed by atoms with E-state index in [0.717, 1.165) is 0 Å². The van der Waals surface area contributed by atoms with Gasteiger partial charge < -0.3 is 26.6 Å². The monoisotopic (exact) mass is 275 g/mol. The predicted molar refractivity (Wildman–Crippen MR) is 63.1 cm³/mol. The second-order valence-corrected chi connectivity index (χ2v) is 3.88. The number of carboxylic acid groups (broad SMARTS) is 2. The van der Waals surface area contributed by atoms with Gasteiger partial charge >= 0.3 is 11.9 Å². The summed E-state index contributed by atoms with van der Waals surface area (Å²) in [4.78, 5) is 43.4. The number of hydrogen-bond donors (Lipinski definition) is 5. The summed E-state index contributed by atoms with van der Waals surface area (Å²) in [6, 6.07) is -1.99. The molecule has 2 amide bonds. The van der Waals surface area contributed by atoms with Crippen LogP contribution >= 0.6 is 0 Å². The SMILES string of the molecule is CC(NC(=O)C(N)CCC(=O)O)C(=O)NCC(=O)O. The van der Waals surface area contributed by atoms with Crippen molar-refractivity contribution in [3.8, 4) is 0 Å². The molecule has 0 spiro atoms. The van der Waals surface area contributed by atoms with E-state index in [1.54, 1.807) is 0 Å². The van der Waals surface area contributed by atoms with Crippen LogP contribution in [0.5, 0.6) is 0 Å². The summed E-state index contributed by atoms with van der Waals surface area (Å²) in [5.41, 5.74) is 5.43. The molecule has 0 rings (SSSR count). The number of aliphatic carboxylic acids is 2. The average Bonchev–Trinajstić information content (AvgIpc) is 2.32. The third-order valence-corrected chi connectivity index (χ3v) is 2.17. The molecular formula is C10H17N3O6. The van der Waals surface area contributed by atoms with E-state index in [1.165, 1.54) is 6.92 Å². The number of carbonyl (C=O) groups is 4. The van der Waals surface area contributed by atoms with E-state index in [-0.39, 0.29) is 12.8 Å². The van der Waals surface area contributed by atoms with E-state index in [9.17, 15) is 19.2 Å². The highest BCUT2D eigenvalue weighted by Gasteiger charge is 2.20. The summed E-state index contributed by atoms with van der Waals surface area (Å²) in [5, 5.41) is 21.1. The van der Waals surface area contributed by atoms with E-state index in [4.69, 9.17) is 15.9 Å². The summed E-state index contributed by atoms with van der Waals surface area (Å²) in [6.45, 7) is 0.809. The van der Waals surface area contributed by atoms with Crippen LogP contribution in [0.15, 0.2) is 0 Å². The van der Waals surface area contributed by atoms with Gasteiger partial charge in [0.05, 0.1) is 6.04 Å². The molecule has 2 unspecified atom stereocenters. The fourth-order valence-electron chi connectivity index (χ4n) is 1.11. The Kier molecular flexibility index (Phi) is 7.12. The molecule has 0 radical (unpaired) electrons. The first-order valence-corrected chi connectivity index (χ1v) is 5.51. The molecular weight excluding hydrogens is 258 g/mol. The van der Waals surface area contributed by atoms with Crippen molar-refractivity contribution < 1.29 is 29.4 Å². The van der Waals surface area contributed by atoms with Crippen LogP contribution in [0.1, 0.15) is 19.8 Å². The highest BCUT2D eigenvalue weighted by molar-refractivity contribution is 5.90. The van der Waals surface area contributed by atoms with Crippen molar-refractivity contribution in [1.82, 2.24) is 10.6 Å². The standard InChI is InChI=1S/C10H17N3O6/c1-5(9(18)12-4-8(16)17)13-10(19)6(11)2-3-7(14)15/h5-6H,2-4,11H2,1H3,(H,12,18)(H,13,19)(H,14,15)(H,16,17). The smallest absolute Gasteiger partial charge is 0.322 e. The maximum absolute atomic E-state index is 11.5. The lowest BCUT2D eigenvalue weighted by Crippen LogP contribution is -2.50. The highest BCUT2D eigenvalue weighted by Crippen LogP contribution is 1.95. The summed E-state index contributed by atoms with van der Waals surface area (Å²) in [7, 11) is 0. The molecule has 0 fully saturated rings. The van der Waals surface area contributed by atoms with Crippen LogP contribution in [0.25, 0.3) is 0 Å². The van der Waals surface area contributed by atoms with E-state index < -0.39 is 42.4 Å². The zero-order chi connectivity index (χ0) is 15.0. The van der Waals surface area contributed by atoms with Crippen LogP contribution in [-0.2, 0) is 19.2 Å². The molecule has 0 saturated carbocycles. The van der Waals surface area contributed by atoms with Crippen molar-refractivity contribution in [3.63, 3.8) is 0 Å². The first-order valence-electron chi connectivity index (χ1n) is 5.51. The van der Waals surface area contributed by atoms with Crippen molar-refractivity contribution in [2.24, 2.45) is 5.73 Å². The van der Waals surface area contributed by atoms with Gasteiger partial charge in [0.2, 0.25) is 11.8 Å². The minimum Gasteiger partial charge on any atom is -0.481 e. The zero-order valence-corrected chi connectivity index (χ0v) is 10.4. The third-order valence-electron chi connectivity index (χ3n) is 2.17. The topological polar surface area (TPSA) is 159 Å². The van der Waals surface area contributed by atoms with Crippen molar-refractivity contribution >= 4 is 23.8 Å². The Morgan fingerprint density at radius 2 is 1.68 bits per heavy atom. The number of carbonyl (C=O) groups excluding carboxylic acids is 2. The van der Waals surface area contributed by atoms with Gasteiger partial charge in [0.1, 0.15) is 12.6 Å². The quantitative estimate of drug-likeness (QED) is 0.338. The van der Waals surface area contributed by atoms with Crippen LogP contribution in [0.4, 0.5) is 0 Å². The van der Waals surface area contributed by atoms with Gasteiger partial charge in [0, 0.05) is 6.42 Å². The van der Waals surface area contributed by atoms with Gasteiger partial charge in [0.25, 0.3) is 0 Å². The van der Waals surface area contributed by atoms with Gasteiger partial charge in [0.15, 0.2) is 0 Å². The summed E-state index contributed by atoms with van der Waals surface area (Å²) in [6.07, 6.45) is -0.307. The molecule has 0 aliphatic carbocycles. The van der Waals surface area contributed by atoms with E-state index in [0.29, 0.717) is 0 Å². The first-order chi connectivity index (χ1) is 8.73. The lowest BCUT2D eigenvalue weighted by Gasteiger charge is -2.16. The second kappa shape index (κ2) is 8.03. The Morgan fingerprint density at radius 1 is 1.11 bits per heavy atom. The molecule has 0 aliphatic heterocycles. The van der Waals surface area contributed by atoms with E-state index in [2.05, 4.69) is 10.6 Å². The number of nitrogens with two attached hydrogens (primary N) is 1. The maximum Gasteiger partial charge on any atom is 0.322 e. The number of hydrogen-bond acceptors (Lipinski definition) is 5. The van der Waals surface area contributed by atoms with E-state index >= 15 is 0 Å². The normalized spacial score (nSPS) is 13.2. The molecule has 0 aromatic rings. The van der Waals surface area contributed by atoms with Gasteiger partial charge in [-0.05, 0) is 13.3 Å². The lowest BCUT2D eigenvalue weighted by atomic mass is 10.1. The molecule has 0 aromatic carbocycles. The van der Waals surface area contributed by atoms with Gasteiger partial charge in [-0.2, -0.15) is 0 Å². The number of nitrogens with one attached hydrogen (secondary N) is 2.